The molecular formula is C12H14N4O2S. The lowest BCUT2D eigenvalue weighted by atomic mass is 10.2. The molecule has 3 rings (SSSR count). The molecular weight excluding hydrogens is 264 g/mol. The Hall–Kier alpha value is -1.76. The van der Waals surface area contributed by atoms with Gasteiger partial charge in [0.05, 0.1) is 11.3 Å². The first-order valence-corrected chi connectivity index (χ1v) is 6.73. The number of fused-ring (bicyclic) bond motifs is 1. The second-order valence-electron chi connectivity index (χ2n) is 4.69. The summed E-state index contributed by atoms with van der Waals surface area (Å²) >= 11 is 4.11. The first-order valence-electron chi connectivity index (χ1n) is 6.09. The van der Waals surface area contributed by atoms with Gasteiger partial charge in [0.2, 0.25) is 0 Å². The van der Waals surface area contributed by atoms with Gasteiger partial charge in [-0.25, -0.2) is 4.68 Å². The monoisotopic (exact) mass is 278 g/mol. The molecule has 0 unspecified atom stereocenters. The van der Waals surface area contributed by atoms with Crippen molar-refractivity contribution in [2.75, 3.05) is 11.2 Å². The smallest absolute Gasteiger partial charge is 0.274 e. The molecule has 100 valence electrons. The standard InChI is InChI=1S/C12H14N4O2S/c1-15-12(18)8-4-10(17)16(7-2-3-7)5-9(8)11(14-15)13-6-19/h4-5,7,19H,2-3,6H2,1H3,(H,13,14). The molecule has 0 atom stereocenters. The molecule has 1 N–H and O–H groups in total. The maximum Gasteiger partial charge on any atom is 0.274 e. The minimum atomic E-state index is -0.264. The fourth-order valence-electron chi connectivity index (χ4n) is 2.18. The highest BCUT2D eigenvalue weighted by atomic mass is 32.1. The van der Waals surface area contributed by atoms with Crippen LogP contribution in [0.1, 0.15) is 18.9 Å². The van der Waals surface area contributed by atoms with E-state index in [9.17, 15) is 9.59 Å². The maximum absolute atomic E-state index is 12.0. The zero-order chi connectivity index (χ0) is 13.6. The zero-order valence-electron chi connectivity index (χ0n) is 10.5. The number of rotatable bonds is 3. The zero-order valence-corrected chi connectivity index (χ0v) is 11.4. The van der Waals surface area contributed by atoms with Crippen LogP contribution in [0.5, 0.6) is 0 Å². The van der Waals surface area contributed by atoms with Gasteiger partial charge in [0, 0.05) is 30.7 Å². The Balaban J connectivity index is 2.36. The number of hydrogen-bond donors (Lipinski definition) is 2. The van der Waals surface area contributed by atoms with Gasteiger partial charge in [-0.15, -0.1) is 0 Å². The highest BCUT2D eigenvalue weighted by Gasteiger charge is 2.25. The molecule has 19 heavy (non-hydrogen) atoms. The average molecular weight is 278 g/mol. The topological polar surface area (TPSA) is 68.9 Å². The van der Waals surface area contributed by atoms with Gasteiger partial charge in [-0.3, -0.25) is 9.59 Å². The van der Waals surface area contributed by atoms with Crippen LogP contribution in [0.3, 0.4) is 0 Å². The fourth-order valence-corrected chi connectivity index (χ4v) is 2.33. The minimum absolute atomic E-state index is 0.130. The SMILES string of the molecule is Cn1nc(NCS)c2cn(C3CC3)c(=O)cc2c1=O. The molecule has 1 aliphatic rings. The van der Waals surface area contributed by atoms with E-state index >= 15 is 0 Å². The number of aryl methyl sites for hydroxylation is 1. The number of nitrogens with one attached hydrogen (secondary N) is 1. The summed E-state index contributed by atoms with van der Waals surface area (Å²) in [5.74, 6) is 0.976. The Morgan fingerprint density at radius 3 is 2.79 bits per heavy atom. The number of aromatic nitrogens is 3. The lowest BCUT2D eigenvalue weighted by Crippen LogP contribution is -2.25. The Morgan fingerprint density at radius 2 is 2.16 bits per heavy atom. The summed E-state index contributed by atoms with van der Waals surface area (Å²) in [6, 6.07) is 1.67. The van der Waals surface area contributed by atoms with E-state index < -0.39 is 0 Å². The normalized spacial score (nSPS) is 14.8. The van der Waals surface area contributed by atoms with Gasteiger partial charge in [-0.05, 0) is 12.8 Å². The predicted molar refractivity (Wildman–Crippen MR) is 77.0 cm³/mol. The van der Waals surface area contributed by atoms with E-state index in [1.165, 1.54) is 10.7 Å². The first kappa shape index (κ1) is 12.3. The van der Waals surface area contributed by atoms with Crippen molar-refractivity contribution in [2.45, 2.75) is 18.9 Å². The molecule has 0 radical (unpaired) electrons. The van der Waals surface area contributed by atoms with E-state index in [1.54, 1.807) is 17.8 Å². The second-order valence-corrected chi connectivity index (χ2v) is 5.01. The van der Waals surface area contributed by atoms with Crippen LogP contribution in [0.15, 0.2) is 21.9 Å². The van der Waals surface area contributed by atoms with Gasteiger partial charge in [0.15, 0.2) is 5.82 Å². The molecule has 1 aliphatic carbocycles. The van der Waals surface area contributed by atoms with Crippen LogP contribution in [-0.4, -0.2) is 20.2 Å². The second kappa shape index (κ2) is 4.41. The van der Waals surface area contributed by atoms with E-state index in [0.29, 0.717) is 22.5 Å². The third kappa shape index (κ3) is 2.03. The van der Waals surface area contributed by atoms with Crippen molar-refractivity contribution in [3.8, 4) is 0 Å². The van der Waals surface area contributed by atoms with Crippen molar-refractivity contribution < 1.29 is 0 Å². The maximum atomic E-state index is 12.0. The van der Waals surface area contributed by atoms with Crippen LogP contribution >= 0.6 is 12.6 Å². The van der Waals surface area contributed by atoms with E-state index in [1.807, 2.05) is 0 Å². The Kier molecular flexibility index (Phi) is 2.85. The first-order chi connectivity index (χ1) is 9.11. The summed E-state index contributed by atoms with van der Waals surface area (Å²) in [7, 11) is 1.57. The summed E-state index contributed by atoms with van der Waals surface area (Å²) < 4.78 is 2.92. The lowest BCUT2D eigenvalue weighted by Gasteiger charge is -2.11. The van der Waals surface area contributed by atoms with Crippen LogP contribution in [0, 0.1) is 0 Å². The molecule has 0 amide bonds. The highest BCUT2D eigenvalue weighted by molar-refractivity contribution is 7.80. The van der Waals surface area contributed by atoms with Gasteiger partial charge in [0.25, 0.3) is 11.1 Å². The average Bonchev–Trinajstić information content (AvgIpc) is 3.20. The largest absolute Gasteiger partial charge is 0.359 e. The van der Waals surface area contributed by atoms with Crippen LogP contribution in [-0.2, 0) is 7.05 Å². The van der Waals surface area contributed by atoms with E-state index in [4.69, 9.17) is 0 Å². The lowest BCUT2D eigenvalue weighted by molar-refractivity contribution is 0.702. The third-order valence-electron chi connectivity index (χ3n) is 3.30. The number of thiol groups is 1. The Bertz CT molecular complexity index is 761. The number of anilines is 1. The van der Waals surface area contributed by atoms with Crippen LogP contribution in [0.4, 0.5) is 5.82 Å². The van der Waals surface area contributed by atoms with Crippen LogP contribution < -0.4 is 16.4 Å². The van der Waals surface area contributed by atoms with Crippen molar-refractivity contribution >= 4 is 29.2 Å². The van der Waals surface area contributed by atoms with Gasteiger partial charge in [-0.2, -0.15) is 17.7 Å². The number of pyridine rings is 1. The Morgan fingerprint density at radius 1 is 1.42 bits per heavy atom. The van der Waals surface area contributed by atoms with Gasteiger partial charge >= 0.3 is 0 Å². The molecule has 6 nitrogen and oxygen atoms in total. The van der Waals surface area contributed by atoms with E-state index in [0.717, 1.165) is 12.8 Å². The molecule has 2 aromatic heterocycles. The third-order valence-corrected chi connectivity index (χ3v) is 3.45. The van der Waals surface area contributed by atoms with Crippen molar-refractivity contribution in [2.24, 2.45) is 7.05 Å². The summed E-state index contributed by atoms with van der Waals surface area (Å²) in [6.45, 7) is 0. The minimum Gasteiger partial charge on any atom is -0.359 e. The van der Waals surface area contributed by atoms with Crippen LogP contribution in [0.2, 0.25) is 0 Å². The number of hydrogen-bond acceptors (Lipinski definition) is 5. The number of nitrogens with zero attached hydrogens (tertiary/aromatic N) is 3. The molecule has 0 aromatic carbocycles. The summed E-state index contributed by atoms with van der Waals surface area (Å²) in [4.78, 5) is 24.0. The van der Waals surface area contributed by atoms with Crippen molar-refractivity contribution in [1.29, 1.82) is 0 Å². The predicted octanol–water partition coefficient (Wildman–Crippen LogP) is 0.729. The van der Waals surface area contributed by atoms with E-state index in [2.05, 4.69) is 23.0 Å². The van der Waals surface area contributed by atoms with E-state index in [-0.39, 0.29) is 17.2 Å². The van der Waals surface area contributed by atoms with Crippen molar-refractivity contribution in [3.63, 3.8) is 0 Å². The summed E-state index contributed by atoms with van der Waals surface area (Å²) in [5, 5.41) is 8.23. The molecule has 0 aliphatic heterocycles. The molecule has 2 aromatic rings. The molecule has 0 bridgehead atoms. The van der Waals surface area contributed by atoms with Gasteiger partial charge in [0.1, 0.15) is 0 Å². The molecule has 1 saturated carbocycles. The van der Waals surface area contributed by atoms with Gasteiger partial charge < -0.3 is 9.88 Å². The summed E-state index contributed by atoms with van der Waals surface area (Å²) in [6.07, 6.45) is 3.76. The highest BCUT2D eigenvalue weighted by Crippen LogP contribution is 2.34. The van der Waals surface area contributed by atoms with Crippen molar-refractivity contribution in [3.05, 3.63) is 33.0 Å². The molecule has 0 saturated heterocycles. The van der Waals surface area contributed by atoms with Crippen LogP contribution in [0.25, 0.3) is 10.8 Å². The molecule has 7 heteroatoms. The Labute approximate surface area is 114 Å². The quantitative estimate of drug-likeness (QED) is 0.641. The molecule has 0 spiro atoms. The van der Waals surface area contributed by atoms with Crippen molar-refractivity contribution in [1.82, 2.24) is 14.3 Å². The molecule has 2 heterocycles. The fraction of sp³-hybridized carbons (Fsp3) is 0.417. The van der Waals surface area contributed by atoms with Gasteiger partial charge in [-0.1, -0.05) is 0 Å². The summed E-state index contributed by atoms with van der Waals surface area (Å²) in [5.41, 5.74) is -0.394. The molecule has 1 fully saturated rings.